The summed E-state index contributed by atoms with van der Waals surface area (Å²) in [4.78, 5) is 0. The van der Waals surface area contributed by atoms with Crippen LogP contribution in [0.5, 0.6) is 11.5 Å². The van der Waals surface area contributed by atoms with Gasteiger partial charge in [0.25, 0.3) is 0 Å². The molecule has 1 aromatic rings. The summed E-state index contributed by atoms with van der Waals surface area (Å²) in [5.74, 6) is -1.38. The lowest BCUT2D eigenvalue weighted by Gasteiger charge is -2.27. The van der Waals surface area contributed by atoms with Gasteiger partial charge in [0.2, 0.25) is 18.6 Å². The smallest absolute Gasteiger partial charge is 0.229 e. The van der Waals surface area contributed by atoms with Crippen molar-refractivity contribution in [1.82, 2.24) is 0 Å². The van der Waals surface area contributed by atoms with Gasteiger partial charge >= 0.3 is 0 Å². The molecule has 0 unspecified atom stereocenters. The maximum atomic E-state index is 13.7. The highest BCUT2D eigenvalue weighted by Gasteiger charge is 2.22. The Labute approximate surface area is 123 Å². The fourth-order valence-corrected chi connectivity index (χ4v) is 2.29. The van der Waals surface area contributed by atoms with Crippen LogP contribution in [0.2, 0.25) is 0 Å². The Morgan fingerprint density at radius 2 is 1.52 bits per heavy atom. The molecule has 1 aromatic carbocycles. The molecule has 21 heavy (non-hydrogen) atoms. The standard InChI is InChI=1S/C14H18F2O2.CH2F2.H2/c1-9-3-5-10(6-4-9)18-12-8-7-11(17-2)13(15)14(12)16;2-1-3;/h7-10H,3-6H2,1-2H3;1H2;1H. The van der Waals surface area contributed by atoms with E-state index in [1.54, 1.807) is 0 Å². The number of hydrogen-bond acceptors (Lipinski definition) is 2. The van der Waals surface area contributed by atoms with Gasteiger partial charge < -0.3 is 9.47 Å². The zero-order valence-electron chi connectivity index (χ0n) is 12.2. The molecule has 1 aliphatic rings. The van der Waals surface area contributed by atoms with Crippen molar-refractivity contribution in [3.63, 3.8) is 0 Å². The average Bonchev–Trinajstić information content (AvgIpc) is 2.47. The van der Waals surface area contributed by atoms with Crippen LogP contribution in [-0.4, -0.2) is 20.1 Å². The molecule has 2 nitrogen and oxygen atoms in total. The Morgan fingerprint density at radius 1 is 1.05 bits per heavy atom. The van der Waals surface area contributed by atoms with E-state index in [0.29, 0.717) is 5.92 Å². The number of rotatable bonds is 3. The second-order valence-electron chi connectivity index (χ2n) is 4.99. The summed E-state index contributed by atoms with van der Waals surface area (Å²) in [6.45, 7) is 0.448. The SMILES string of the molecule is COc1ccc(OC2CCC(C)CC2)c(F)c1F.FCF.[HH]. The van der Waals surface area contributed by atoms with Gasteiger partial charge in [0.1, 0.15) is 0 Å². The van der Waals surface area contributed by atoms with Gasteiger partial charge in [0.05, 0.1) is 13.2 Å². The fraction of sp³-hybridized carbons (Fsp3) is 0.600. The molecule has 0 spiro atoms. The van der Waals surface area contributed by atoms with E-state index in [1.807, 2.05) is 0 Å². The van der Waals surface area contributed by atoms with Crippen LogP contribution in [0.15, 0.2) is 12.1 Å². The van der Waals surface area contributed by atoms with Crippen LogP contribution < -0.4 is 9.47 Å². The third-order valence-electron chi connectivity index (χ3n) is 3.49. The highest BCUT2D eigenvalue weighted by atomic mass is 19.3. The molecule has 0 aromatic heterocycles. The van der Waals surface area contributed by atoms with Crippen LogP contribution in [0, 0.1) is 17.6 Å². The first-order chi connectivity index (χ1) is 10.0. The lowest BCUT2D eigenvalue weighted by atomic mass is 9.89. The number of halogens is 4. The summed E-state index contributed by atoms with van der Waals surface area (Å²) >= 11 is 0. The number of methoxy groups -OCH3 is 1. The Balaban J connectivity index is 0.00000102. The predicted octanol–water partition coefficient (Wildman–Crippen LogP) is 5.06. The Hall–Kier alpha value is -1.46. The van der Waals surface area contributed by atoms with Crippen molar-refractivity contribution in [2.24, 2.45) is 5.92 Å². The first kappa shape index (κ1) is 17.6. The van der Waals surface area contributed by atoms with Crippen LogP contribution in [0.3, 0.4) is 0 Å². The molecular weight excluding hydrogens is 288 g/mol. The van der Waals surface area contributed by atoms with E-state index >= 15 is 0 Å². The van der Waals surface area contributed by atoms with Crippen molar-refractivity contribution in [3.8, 4) is 11.5 Å². The van der Waals surface area contributed by atoms with Gasteiger partial charge in [-0.3, -0.25) is 0 Å². The molecule has 2 rings (SSSR count). The normalized spacial score (nSPS) is 21.2. The van der Waals surface area contributed by atoms with Gasteiger partial charge in [-0.2, -0.15) is 8.78 Å². The molecule has 0 amide bonds. The van der Waals surface area contributed by atoms with Crippen molar-refractivity contribution in [1.29, 1.82) is 0 Å². The van der Waals surface area contributed by atoms with Crippen LogP contribution in [0.1, 0.15) is 34.0 Å². The molecule has 0 radical (unpaired) electrons. The van der Waals surface area contributed by atoms with Crippen molar-refractivity contribution < 1.29 is 28.5 Å². The second kappa shape index (κ2) is 8.74. The molecular formula is C15H22F4O2. The van der Waals surface area contributed by atoms with Crippen LogP contribution >= 0.6 is 0 Å². The highest BCUT2D eigenvalue weighted by molar-refractivity contribution is 5.35. The summed E-state index contributed by atoms with van der Waals surface area (Å²) in [5, 5.41) is 0. The summed E-state index contributed by atoms with van der Waals surface area (Å²) in [7, 11) is 1.31. The first-order valence-corrected chi connectivity index (χ1v) is 6.84. The van der Waals surface area contributed by atoms with E-state index in [0.717, 1.165) is 25.7 Å². The molecule has 0 atom stereocenters. The van der Waals surface area contributed by atoms with Crippen LogP contribution in [0.4, 0.5) is 17.6 Å². The molecule has 1 aliphatic carbocycles. The maximum Gasteiger partial charge on any atom is 0.229 e. The van der Waals surface area contributed by atoms with Gasteiger partial charge in [0, 0.05) is 1.43 Å². The van der Waals surface area contributed by atoms with Crippen molar-refractivity contribution >= 4 is 0 Å². The molecule has 6 heteroatoms. The Kier molecular flexibility index (Phi) is 7.32. The number of ether oxygens (including phenoxy) is 2. The molecule has 1 fully saturated rings. The quantitative estimate of drug-likeness (QED) is 0.727. The zero-order chi connectivity index (χ0) is 15.8. The molecule has 0 saturated heterocycles. The Bertz CT molecular complexity index is 438. The highest BCUT2D eigenvalue weighted by Crippen LogP contribution is 2.31. The van der Waals surface area contributed by atoms with Gasteiger partial charge in [-0.05, 0) is 43.7 Å². The largest absolute Gasteiger partial charge is 0.494 e. The topological polar surface area (TPSA) is 18.5 Å². The van der Waals surface area contributed by atoms with Gasteiger partial charge in [-0.1, -0.05) is 6.92 Å². The van der Waals surface area contributed by atoms with E-state index < -0.39 is 18.6 Å². The van der Waals surface area contributed by atoms with Crippen molar-refractivity contribution in [2.75, 3.05) is 14.0 Å². The zero-order valence-corrected chi connectivity index (χ0v) is 12.2. The summed E-state index contributed by atoms with van der Waals surface area (Å²) < 4.78 is 56.7. The minimum atomic E-state index is -1.75. The average molecular weight is 310 g/mol. The third kappa shape index (κ3) is 5.10. The summed E-state index contributed by atoms with van der Waals surface area (Å²) in [5.41, 5.74) is 0. The van der Waals surface area contributed by atoms with E-state index in [-0.39, 0.29) is 19.0 Å². The monoisotopic (exact) mass is 310 g/mol. The van der Waals surface area contributed by atoms with Gasteiger partial charge in [-0.15, -0.1) is 0 Å². The van der Waals surface area contributed by atoms with Crippen molar-refractivity contribution in [3.05, 3.63) is 23.8 Å². The third-order valence-corrected chi connectivity index (χ3v) is 3.49. The predicted molar refractivity (Wildman–Crippen MR) is 74.2 cm³/mol. The second-order valence-corrected chi connectivity index (χ2v) is 4.99. The number of hydrogen-bond donors (Lipinski definition) is 0. The molecule has 0 N–H and O–H groups in total. The lowest BCUT2D eigenvalue weighted by molar-refractivity contribution is 0.129. The molecule has 0 heterocycles. The fourth-order valence-electron chi connectivity index (χ4n) is 2.29. The maximum absolute atomic E-state index is 13.7. The minimum Gasteiger partial charge on any atom is -0.494 e. The van der Waals surface area contributed by atoms with Crippen molar-refractivity contribution in [2.45, 2.75) is 38.7 Å². The van der Waals surface area contributed by atoms with E-state index in [4.69, 9.17) is 9.47 Å². The summed E-state index contributed by atoms with van der Waals surface area (Å²) in [6.07, 6.45) is 3.93. The molecule has 0 aliphatic heterocycles. The molecule has 1 saturated carbocycles. The minimum absolute atomic E-state index is 0. The van der Waals surface area contributed by atoms with E-state index in [2.05, 4.69) is 6.92 Å². The van der Waals surface area contributed by atoms with Gasteiger partial charge in [0.15, 0.2) is 11.5 Å². The van der Waals surface area contributed by atoms with Crippen LogP contribution in [0.25, 0.3) is 0 Å². The molecule has 122 valence electrons. The Morgan fingerprint density at radius 3 is 2.05 bits per heavy atom. The van der Waals surface area contributed by atoms with E-state index in [9.17, 15) is 17.6 Å². The van der Waals surface area contributed by atoms with E-state index in [1.165, 1.54) is 19.2 Å². The first-order valence-electron chi connectivity index (χ1n) is 6.84. The summed E-state index contributed by atoms with van der Waals surface area (Å²) in [6, 6.07) is 2.81. The van der Waals surface area contributed by atoms with Gasteiger partial charge in [-0.25, -0.2) is 8.78 Å². The number of alkyl halides is 2. The molecule has 0 bridgehead atoms. The number of benzene rings is 1. The van der Waals surface area contributed by atoms with Crippen LogP contribution in [-0.2, 0) is 0 Å². The lowest BCUT2D eigenvalue weighted by Crippen LogP contribution is -2.23.